The third-order valence-corrected chi connectivity index (χ3v) is 5.90. The lowest BCUT2D eigenvalue weighted by molar-refractivity contribution is -0.0707. The maximum Gasteiger partial charge on any atom is 0.101 e. The smallest absolute Gasteiger partial charge is 0.101 e. The van der Waals surface area contributed by atoms with Gasteiger partial charge in [-0.15, -0.1) is 0 Å². The minimum Gasteiger partial charge on any atom is -0.388 e. The molecule has 0 unspecified atom stereocenters. The molecule has 2 aliphatic rings. The third-order valence-electron chi connectivity index (χ3n) is 5.90. The molecule has 0 aromatic heterocycles. The molecule has 152 valence electrons. The molecule has 1 saturated heterocycles. The Morgan fingerprint density at radius 2 is 1.54 bits per heavy atom. The Bertz CT molecular complexity index is 789. The van der Waals surface area contributed by atoms with E-state index in [2.05, 4.69) is 50.3 Å². The van der Waals surface area contributed by atoms with Gasteiger partial charge in [-0.05, 0) is 57.7 Å². The predicted molar refractivity (Wildman–Crippen MR) is 112 cm³/mol. The quantitative estimate of drug-likeness (QED) is 0.740. The molecule has 28 heavy (non-hydrogen) atoms. The molecule has 1 heterocycles. The normalized spacial score (nSPS) is 39.0. The van der Waals surface area contributed by atoms with Gasteiger partial charge in [-0.25, -0.2) is 0 Å². The first-order valence-electron chi connectivity index (χ1n) is 9.96. The van der Waals surface area contributed by atoms with E-state index in [0.717, 1.165) is 18.4 Å². The largest absolute Gasteiger partial charge is 0.388 e. The molecule has 1 aliphatic carbocycles. The lowest BCUT2D eigenvalue weighted by Crippen LogP contribution is -2.45. The lowest BCUT2D eigenvalue weighted by Gasteiger charge is -2.35. The van der Waals surface area contributed by atoms with E-state index in [1.54, 1.807) is 0 Å². The van der Waals surface area contributed by atoms with Crippen molar-refractivity contribution >= 4 is 6.08 Å². The van der Waals surface area contributed by atoms with Crippen LogP contribution in [0.2, 0.25) is 0 Å². The SMILES string of the molecule is Cc1ccc(/C=C\[C@]2(C)CC[C@](C)(/C=C/C3=C[C@H](O)[C@](C)(O)C[C@@H]3O)O2)cc1. The van der Waals surface area contributed by atoms with Crippen LogP contribution in [0.25, 0.3) is 6.08 Å². The number of aliphatic hydroxyl groups is 3. The summed E-state index contributed by atoms with van der Waals surface area (Å²) in [5.74, 6) is 0. The highest BCUT2D eigenvalue weighted by atomic mass is 16.5. The zero-order valence-electron chi connectivity index (χ0n) is 17.2. The number of rotatable bonds is 4. The molecule has 3 rings (SSSR count). The van der Waals surface area contributed by atoms with E-state index in [4.69, 9.17) is 4.74 Å². The number of hydrogen-bond acceptors (Lipinski definition) is 4. The molecular formula is C24H32O4. The summed E-state index contributed by atoms with van der Waals surface area (Å²) in [6.45, 7) is 7.74. The number of benzene rings is 1. The fourth-order valence-electron chi connectivity index (χ4n) is 3.86. The van der Waals surface area contributed by atoms with Crippen molar-refractivity contribution in [1.82, 2.24) is 0 Å². The van der Waals surface area contributed by atoms with Crippen molar-refractivity contribution in [1.29, 1.82) is 0 Å². The molecule has 1 aliphatic heterocycles. The highest BCUT2D eigenvalue weighted by Gasteiger charge is 2.41. The number of aliphatic hydroxyl groups excluding tert-OH is 2. The predicted octanol–water partition coefficient (Wildman–Crippen LogP) is 3.70. The second-order valence-corrected chi connectivity index (χ2v) is 8.99. The summed E-state index contributed by atoms with van der Waals surface area (Å²) < 4.78 is 6.38. The Labute approximate surface area is 167 Å². The monoisotopic (exact) mass is 384 g/mol. The molecule has 4 heteroatoms. The van der Waals surface area contributed by atoms with Gasteiger partial charge in [-0.2, -0.15) is 0 Å². The number of aryl methyl sites for hydroxylation is 1. The van der Waals surface area contributed by atoms with E-state index in [0.29, 0.717) is 5.57 Å². The van der Waals surface area contributed by atoms with Gasteiger partial charge >= 0.3 is 0 Å². The summed E-state index contributed by atoms with van der Waals surface area (Å²) >= 11 is 0. The van der Waals surface area contributed by atoms with Gasteiger partial charge < -0.3 is 20.1 Å². The van der Waals surface area contributed by atoms with Crippen LogP contribution in [-0.4, -0.2) is 44.3 Å². The molecule has 1 aromatic carbocycles. The minimum atomic E-state index is -1.30. The summed E-state index contributed by atoms with van der Waals surface area (Å²) in [7, 11) is 0. The summed E-state index contributed by atoms with van der Waals surface area (Å²) in [5.41, 5.74) is 0.904. The van der Waals surface area contributed by atoms with Crippen LogP contribution < -0.4 is 0 Å². The van der Waals surface area contributed by atoms with Gasteiger partial charge in [-0.3, -0.25) is 0 Å². The van der Waals surface area contributed by atoms with Crippen LogP contribution >= 0.6 is 0 Å². The van der Waals surface area contributed by atoms with Crippen LogP contribution in [-0.2, 0) is 4.74 Å². The molecule has 4 nitrogen and oxygen atoms in total. The molecule has 1 aromatic rings. The van der Waals surface area contributed by atoms with E-state index in [9.17, 15) is 15.3 Å². The second-order valence-electron chi connectivity index (χ2n) is 8.99. The van der Waals surface area contributed by atoms with Crippen molar-refractivity contribution in [3.05, 3.63) is 65.3 Å². The van der Waals surface area contributed by atoms with Crippen LogP contribution in [0.15, 0.2) is 54.1 Å². The van der Waals surface area contributed by atoms with E-state index in [1.165, 1.54) is 18.6 Å². The Kier molecular flexibility index (Phi) is 5.70. The van der Waals surface area contributed by atoms with E-state index in [1.807, 2.05) is 19.1 Å². The maximum atomic E-state index is 10.3. The van der Waals surface area contributed by atoms with Crippen LogP contribution in [0.1, 0.15) is 51.2 Å². The van der Waals surface area contributed by atoms with Gasteiger partial charge in [0.15, 0.2) is 0 Å². The summed E-state index contributed by atoms with van der Waals surface area (Å²) in [6, 6.07) is 8.39. The molecule has 5 atom stereocenters. The Hall–Kier alpha value is -1.72. The van der Waals surface area contributed by atoms with Crippen molar-refractivity contribution < 1.29 is 20.1 Å². The highest BCUT2D eigenvalue weighted by molar-refractivity contribution is 5.51. The fourth-order valence-corrected chi connectivity index (χ4v) is 3.86. The molecule has 0 bridgehead atoms. The minimum absolute atomic E-state index is 0.110. The first-order valence-corrected chi connectivity index (χ1v) is 9.96. The maximum absolute atomic E-state index is 10.3. The van der Waals surface area contributed by atoms with Crippen molar-refractivity contribution in [2.45, 2.75) is 76.0 Å². The second kappa shape index (κ2) is 7.60. The van der Waals surface area contributed by atoms with E-state index >= 15 is 0 Å². The lowest BCUT2D eigenvalue weighted by atomic mass is 9.82. The molecule has 0 radical (unpaired) electrons. The first kappa shape index (κ1) is 21.0. The van der Waals surface area contributed by atoms with Crippen molar-refractivity contribution in [3.63, 3.8) is 0 Å². The average Bonchev–Trinajstić information content (AvgIpc) is 2.92. The topological polar surface area (TPSA) is 69.9 Å². The summed E-state index contributed by atoms with van der Waals surface area (Å²) in [6.07, 6.45) is 9.60. The first-order chi connectivity index (χ1) is 13.0. The van der Waals surface area contributed by atoms with Gasteiger partial charge in [0.2, 0.25) is 0 Å². The molecule has 0 spiro atoms. The van der Waals surface area contributed by atoms with Crippen LogP contribution in [0.4, 0.5) is 0 Å². The number of hydrogen-bond donors (Lipinski definition) is 3. The standard InChI is InChI=1S/C24H32O4/c1-17-5-7-18(8-6-17)9-11-22(2)13-14-23(3,28-22)12-10-19-15-21(26)24(4,27)16-20(19)25/h5-12,15,20-21,25-27H,13-14,16H2,1-4H3/b11-9-,12-10+/t20-,21-,22+,23-,24+/m0/s1. The summed E-state index contributed by atoms with van der Waals surface area (Å²) in [5, 5.41) is 30.4. The molecule has 1 fully saturated rings. The molecule has 0 amide bonds. The Morgan fingerprint density at radius 1 is 0.964 bits per heavy atom. The fraction of sp³-hybridized carbons (Fsp3) is 0.500. The Balaban J connectivity index is 1.69. The van der Waals surface area contributed by atoms with E-state index < -0.39 is 23.4 Å². The molecule has 0 saturated carbocycles. The van der Waals surface area contributed by atoms with Crippen molar-refractivity contribution in [2.24, 2.45) is 0 Å². The Morgan fingerprint density at radius 3 is 2.14 bits per heavy atom. The van der Waals surface area contributed by atoms with Gasteiger partial charge in [-0.1, -0.05) is 54.1 Å². The third kappa shape index (κ3) is 4.81. The average molecular weight is 385 g/mol. The van der Waals surface area contributed by atoms with Crippen LogP contribution in [0, 0.1) is 6.92 Å². The zero-order chi connectivity index (χ0) is 20.6. The number of ether oxygens (including phenoxy) is 1. The van der Waals surface area contributed by atoms with Gasteiger partial charge in [0.25, 0.3) is 0 Å². The van der Waals surface area contributed by atoms with Gasteiger partial charge in [0, 0.05) is 6.42 Å². The highest BCUT2D eigenvalue weighted by Crippen LogP contribution is 2.40. The summed E-state index contributed by atoms with van der Waals surface area (Å²) in [4.78, 5) is 0. The van der Waals surface area contributed by atoms with Crippen LogP contribution in [0.5, 0.6) is 0 Å². The van der Waals surface area contributed by atoms with Crippen molar-refractivity contribution in [2.75, 3.05) is 0 Å². The zero-order valence-corrected chi connectivity index (χ0v) is 17.2. The van der Waals surface area contributed by atoms with Gasteiger partial charge in [0.1, 0.15) is 6.10 Å². The van der Waals surface area contributed by atoms with Crippen LogP contribution in [0.3, 0.4) is 0 Å². The molecular weight excluding hydrogens is 352 g/mol. The van der Waals surface area contributed by atoms with Gasteiger partial charge in [0.05, 0.1) is 22.9 Å². The molecule has 3 N–H and O–H groups in total. The van der Waals surface area contributed by atoms with E-state index in [-0.39, 0.29) is 12.0 Å². The van der Waals surface area contributed by atoms with Crippen molar-refractivity contribution in [3.8, 4) is 0 Å².